The third-order valence-electron chi connectivity index (χ3n) is 3.76. The van der Waals surface area contributed by atoms with Gasteiger partial charge in [-0.25, -0.2) is 0 Å². The predicted molar refractivity (Wildman–Crippen MR) is 73.2 cm³/mol. The molecule has 4 nitrogen and oxygen atoms in total. The van der Waals surface area contributed by atoms with Crippen LogP contribution in [0.1, 0.15) is 29.4 Å². The summed E-state index contributed by atoms with van der Waals surface area (Å²) in [4.78, 5) is 15.3. The topological polar surface area (TPSA) is 51.3 Å². The fourth-order valence-corrected chi connectivity index (χ4v) is 2.90. The van der Waals surface area contributed by atoms with E-state index in [4.69, 9.17) is 9.47 Å². The molecule has 1 heterocycles. The first-order chi connectivity index (χ1) is 9.13. The largest absolute Gasteiger partial charge is 0.497 e. The lowest BCUT2D eigenvalue weighted by Gasteiger charge is -2.17. The van der Waals surface area contributed by atoms with Gasteiger partial charge < -0.3 is 14.5 Å². The molecule has 0 radical (unpaired) electrons. The third-order valence-corrected chi connectivity index (χ3v) is 3.76. The van der Waals surface area contributed by atoms with Crippen molar-refractivity contribution in [2.45, 2.75) is 19.8 Å². The normalized spacial score (nSPS) is 18.5. The molecule has 19 heavy (non-hydrogen) atoms. The lowest BCUT2D eigenvalue weighted by Crippen LogP contribution is -2.17. The number of methoxy groups -OCH3 is 2. The minimum atomic E-state index is 0.186. The van der Waals surface area contributed by atoms with Gasteiger partial charge in [0.1, 0.15) is 11.5 Å². The highest BCUT2D eigenvalue weighted by Gasteiger charge is 2.27. The van der Waals surface area contributed by atoms with Crippen LogP contribution in [0.3, 0.4) is 0 Å². The maximum absolute atomic E-state index is 12.1. The van der Waals surface area contributed by atoms with Crippen LogP contribution >= 0.6 is 0 Å². The molecular formula is C15H17NO3. The Morgan fingerprint density at radius 2 is 2.00 bits per heavy atom. The molecule has 0 amide bonds. The molecule has 0 saturated heterocycles. The highest BCUT2D eigenvalue weighted by molar-refractivity contribution is 6.05. The third kappa shape index (κ3) is 1.79. The van der Waals surface area contributed by atoms with Crippen molar-refractivity contribution >= 4 is 16.7 Å². The molecule has 0 fully saturated rings. The number of ether oxygens (including phenoxy) is 2. The van der Waals surface area contributed by atoms with E-state index in [1.807, 2.05) is 12.1 Å². The molecule has 100 valence electrons. The Morgan fingerprint density at radius 1 is 1.21 bits per heavy atom. The summed E-state index contributed by atoms with van der Waals surface area (Å²) in [5.74, 6) is 2.05. The minimum absolute atomic E-state index is 0.186. The molecule has 1 atom stereocenters. The molecule has 1 aliphatic carbocycles. The van der Waals surface area contributed by atoms with Crippen LogP contribution < -0.4 is 9.47 Å². The van der Waals surface area contributed by atoms with E-state index in [0.29, 0.717) is 12.3 Å². The summed E-state index contributed by atoms with van der Waals surface area (Å²) in [5, 5.41) is 1.01. The second-order valence-corrected chi connectivity index (χ2v) is 5.17. The molecule has 4 heteroatoms. The van der Waals surface area contributed by atoms with E-state index in [-0.39, 0.29) is 5.78 Å². The second kappa shape index (κ2) is 4.30. The zero-order chi connectivity index (χ0) is 13.6. The number of aromatic amines is 1. The van der Waals surface area contributed by atoms with Gasteiger partial charge in [0, 0.05) is 23.9 Å². The van der Waals surface area contributed by atoms with Crippen molar-refractivity contribution in [2.24, 2.45) is 5.92 Å². The van der Waals surface area contributed by atoms with Crippen LogP contribution in [0.4, 0.5) is 0 Å². The number of fused-ring (bicyclic) bond motifs is 3. The summed E-state index contributed by atoms with van der Waals surface area (Å²) in [6, 6.07) is 3.77. The van der Waals surface area contributed by atoms with Gasteiger partial charge in [0.25, 0.3) is 0 Å². The van der Waals surface area contributed by atoms with Crippen LogP contribution in [0.25, 0.3) is 10.9 Å². The molecule has 0 saturated carbocycles. The van der Waals surface area contributed by atoms with E-state index >= 15 is 0 Å². The fourth-order valence-electron chi connectivity index (χ4n) is 2.90. The van der Waals surface area contributed by atoms with Gasteiger partial charge in [0.05, 0.1) is 25.4 Å². The Kier molecular flexibility index (Phi) is 2.73. The van der Waals surface area contributed by atoms with E-state index in [2.05, 4.69) is 11.9 Å². The van der Waals surface area contributed by atoms with Crippen LogP contribution in [0.5, 0.6) is 11.5 Å². The average Bonchev–Trinajstić information content (AvgIpc) is 2.76. The molecule has 0 bridgehead atoms. The Balaban J connectivity index is 2.31. The monoisotopic (exact) mass is 259 g/mol. The number of Topliss-reactive ketones (excluding diaryl/α,β-unsaturated/α-hetero) is 1. The lowest BCUT2D eigenvalue weighted by atomic mass is 9.87. The number of rotatable bonds is 2. The molecule has 3 rings (SSSR count). The number of hydrogen-bond acceptors (Lipinski definition) is 3. The van der Waals surface area contributed by atoms with Gasteiger partial charge in [-0.05, 0) is 17.9 Å². The highest BCUT2D eigenvalue weighted by Crippen LogP contribution is 2.39. The summed E-state index contributed by atoms with van der Waals surface area (Å²) >= 11 is 0. The summed E-state index contributed by atoms with van der Waals surface area (Å²) in [5.41, 5.74) is 2.72. The summed E-state index contributed by atoms with van der Waals surface area (Å²) in [7, 11) is 3.26. The van der Waals surface area contributed by atoms with Crippen molar-refractivity contribution in [1.29, 1.82) is 0 Å². The van der Waals surface area contributed by atoms with Crippen LogP contribution in [0, 0.1) is 5.92 Å². The smallest absolute Gasteiger partial charge is 0.179 e. The maximum atomic E-state index is 12.1. The lowest BCUT2D eigenvalue weighted by molar-refractivity contribution is 0.0949. The van der Waals surface area contributed by atoms with Crippen LogP contribution in [0.2, 0.25) is 0 Å². The first-order valence-corrected chi connectivity index (χ1v) is 6.43. The van der Waals surface area contributed by atoms with Crippen molar-refractivity contribution < 1.29 is 14.3 Å². The van der Waals surface area contributed by atoms with Gasteiger partial charge >= 0.3 is 0 Å². The van der Waals surface area contributed by atoms with Gasteiger partial charge in [0.15, 0.2) is 5.78 Å². The summed E-state index contributed by atoms with van der Waals surface area (Å²) < 4.78 is 10.7. The Morgan fingerprint density at radius 3 is 2.68 bits per heavy atom. The van der Waals surface area contributed by atoms with Crippen LogP contribution in [-0.4, -0.2) is 25.0 Å². The number of nitrogens with one attached hydrogen (secondary N) is 1. The van der Waals surface area contributed by atoms with E-state index in [0.717, 1.165) is 40.1 Å². The van der Waals surface area contributed by atoms with Crippen LogP contribution in [0.15, 0.2) is 12.1 Å². The van der Waals surface area contributed by atoms with E-state index in [9.17, 15) is 4.79 Å². The van der Waals surface area contributed by atoms with Gasteiger partial charge in [-0.3, -0.25) is 4.79 Å². The maximum Gasteiger partial charge on any atom is 0.179 e. The molecule has 0 aliphatic heterocycles. The number of carbonyl (C=O) groups excluding carboxylic acids is 1. The molecule has 2 aromatic rings. The van der Waals surface area contributed by atoms with Crippen LogP contribution in [-0.2, 0) is 6.42 Å². The number of ketones is 1. The molecule has 1 unspecified atom stereocenters. The molecule has 1 aromatic heterocycles. The first kappa shape index (κ1) is 12.1. The number of hydrogen-bond donors (Lipinski definition) is 1. The quantitative estimate of drug-likeness (QED) is 0.902. The molecular weight excluding hydrogens is 242 g/mol. The van der Waals surface area contributed by atoms with Gasteiger partial charge in [-0.15, -0.1) is 0 Å². The molecule has 1 N–H and O–H groups in total. The molecule has 1 aliphatic rings. The summed E-state index contributed by atoms with van der Waals surface area (Å²) in [6.45, 7) is 2.11. The Bertz CT molecular complexity index is 657. The molecule has 1 aromatic carbocycles. The number of H-pyrrole nitrogens is 1. The minimum Gasteiger partial charge on any atom is -0.497 e. The first-order valence-electron chi connectivity index (χ1n) is 6.43. The number of carbonyl (C=O) groups is 1. The van der Waals surface area contributed by atoms with Gasteiger partial charge in [-0.2, -0.15) is 0 Å². The second-order valence-electron chi connectivity index (χ2n) is 5.17. The Labute approximate surface area is 111 Å². The zero-order valence-corrected chi connectivity index (χ0v) is 11.4. The average molecular weight is 259 g/mol. The van der Waals surface area contributed by atoms with Gasteiger partial charge in [0.2, 0.25) is 0 Å². The van der Waals surface area contributed by atoms with Crippen molar-refractivity contribution in [1.82, 2.24) is 4.98 Å². The van der Waals surface area contributed by atoms with Gasteiger partial charge in [-0.1, -0.05) is 6.92 Å². The van der Waals surface area contributed by atoms with Crippen molar-refractivity contribution in [3.05, 3.63) is 23.4 Å². The predicted octanol–water partition coefficient (Wildman–Crippen LogP) is 2.95. The van der Waals surface area contributed by atoms with Crippen molar-refractivity contribution in [2.75, 3.05) is 14.2 Å². The number of aromatic nitrogens is 1. The van der Waals surface area contributed by atoms with E-state index in [1.165, 1.54) is 0 Å². The van der Waals surface area contributed by atoms with E-state index in [1.54, 1.807) is 14.2 Å². The Hall–Kier alpha value is -1.97. The molecule has 0 spiro atoms. The van der Waals surface area contributed by atoms with E-state index < -0.39 is 0 Å². The fraction of sp³-hybridized carbons (Fsp3) is 0.400. The standard InChI is InChI=1S/C15H17NO3/c1-8-4-10-14-11(16-15(10)12(17)5-8)6-9(18-2)7-13(14)19-3/h6-8,16H,4-5H2,1-3H3. The number of benzene rings is 1. The SMILES string of the molecule is COc1cc(OC)c2c3c([nH]c2c1)C(=O)CC(C)C3. The zero-order valence-electron chi connectivity index (χ0n) is 11.4. The summed E-state index contributed by atoms with van der Waals surface area (Å²) in [6.07, 6.45) is 1.52. The highest BCUT2D eigenvalue weighted by atomic mass is 16.5. The van der Waals surface area contributed by atoms with Crippen molar-refractivity contribution in [3.8, 4) is 11.5 Å². The van der Waals surface area contributed by atoms with Crippen molar-refractivity contribution in [3.63, 3.8) is 0 Å².